The van der Waals surface area contributed by atoms with Crippen LogP contribution in [-0.4, -0.2) is 46.0 Å². The lowest BCUT2D eigenvalue weighted by atomic mass is 9.95. The smallest absolute Gasteiger partial charge is 0.319 e. The van der Waals surface area contributed by atoms with E-state index in [1.54, 1.807) is 0 Å². The third kappa shape index (κ3) is 6.40. The lowest BCUT2D eigenvalue weighted by Gasteiger charge is -2.34. The van der Waals surface area contributed by atoms with Crippen molar-refractivity contribution in [3.63, 3.8) is 0 Å². The van der Waals surface area contributed by atoms with Crippen LogP contribution in [0.25, 0.3) is 0 Å². The number of piperidine rings is 1. The molecule has 1 fully saturated rings. The first-order valence-electron chi connectivity index (χ1n) is 8.12. The van der Waals surface area contributed by atoms with Crippen molar-refractivity contribution in [2.24, 2.45) is 16.6 Å². The molecule has 2 rings (SSSR count). The number of nitrogens with one attached hydrogen (secondary N) is 1. The number of hydrogen-bond donors (Lipinski definition) is 2. The summed E-state index contributed by atoms with van der Waals surface area (Å²) in [5.74, 6) is 0.757. The first kappa shape index (κ1) is 21.6. The van der Waals surface area contributed by atoms with Gasteiger partial charge in [0.1, 0.15) is 12.4 Å². The highest BCUT2D eigenvalue weighted by atomic mass is 127. The zero-order chi connectivity index (χ0) is 17.5. The molecule has 1 atom stereocenters. The predicted octanol–water partition coefficient (Wildman–Crippen LogP) is 1.95. The Labute approximate surface area is 163 Å². The van der Waals surface area contributed by atoms with Crippen LogP contribution in [0.5, 0.6) is 0 Å². The highest BCUT2D eigenvalue weighted by molar-refractivity contribution is 14.0. The molecule has 1 saturated heterocycles. The largest absolute Gasteiger partial charge is 0.370 e. The van der Waals surface area contributed by atoms with Crippen molar-refractivity contribution in [2.75, 3.05) is 19.6 Å². The summed E-state index contributed by atoms with van der Waals surface area (Å²) in [5.41, 5.74) is 5.29. The number of guanidine groups is 1. The first-order valence-corrected chi connectivity index (χ1v) is 8.12. The summed E-state index contributed by atoms with van der Waals surface area (Å²) in [7, 11) is 0. The molecule has 25 heavy (non-hydrogen) atoms. The van der Waals surface area contributed by atoms with E-state index >= 15 is 0 Å². The average Bonchev–Trinajstić information content (AvgIpc) is 2.99. The number of imidazole rings is 1. The van der Waals surface area contributed by atoms with Gasteiger partial charge in [0, 0.05) is 38.4 Å². The summed E-state index contributed by atoms with van der Waals surface area (Å²) in [6.45, 7) is 1.54. The van der Waals surface area contributed by atoms with Crippen molar-refractivity contribution >= 4 is 35.8 Å². The highest BCUT2D eigenvalue weighted by Crippen LogP contribution is 2.20. The molecule has 1 aromatic rings. The van der Waals surface area contributed by atoms with Crippen molar-refractivity contribution in [1.29, 1.82) is 0 Å². The number of likely N-dealkylation sites (tertiary alicyclic amines) is 1. The number of rotatable bonds is 6. The highest BCUT2D eigenvalue weighted by Gasteiger charge is 2.23. The van der Waals surface area contributed by atoms with Crippen LogP contribution < -0.4 is 11.1 Å². The summed E-state index contributed by atoms with van der Waals surface area (Å²) >= 11 is 0. The molecule has 10 heteroatoms. The molecular weight excluding hydrogens is 445 g/mol. The number of amides is 1. The monoisotopic (exact) mass is 470 g/mol. The topological polar surface area (TPSA) is 88.5 Å². The number of alkyl halides is 2. The average molecular weight is 470 g/mol. The summed E-state index contributed by atoms with van der Waals surface area (Å²) in [5, 5.41) is 3.17. The minimum absolute atomic E-state index is 0. The molecule has 0 spiro atoms. The van der Waals surface area contributed by atoms with Crippen molar-refractivity contribution in [2.45, 2.75) is 39.3 Å². The van der Waals surface area contributed by atoms with Crippen LogP contribution in [0.4, 0.5) is 8.78 Å². The van der Waals surface area contributed by atoms with E-state index in [4.69, 9.17) is 5.73 Å². The maximum Gasteiger partial charge on any atom is 0.319 e. The Kier molecular flexibility index (Phi) is 9.08. The molecular formula is C15H25F2IN6O. The number of carbonyl (C=O) groups is 1. The third-order valence-electron chi connectivity index (χ3n) is 3.97. The number of aliphatic imine (C=N–C) groups is 1. The number of nitrogens with two attached hydrogens (primary N) is 1. The minimum atomic E-state index is -2.63. The van der Waals surface area contributed by atoms with E-state index in [-0.39, 0.29) is 48.2 Å². The van der Waals surface area contributed by atoms with Crippen LogP contribution in [0.2, 0.25) is 0 Å². The van der Waals surface area contributed by atoms with E-state index in [1.165, 1.54) is 12.4 Å². The maximum atomic E-state index is 12.9. The molecule has 0 radical (unpaired) electrons. The van der Waals surface area contributed by atoms with Crippen molar-refractivity contribution in [3.05, 3.63) is 18.2 Å². The van der Waals surface area contributed by atoms with Crippen LogP contribution >= 0.6 is 24.0 Å². The van der Waals surface area contributed by atoms with E-state index in [0.29, 0.717) is 25.5 Å². The SMILES string of the molecule is CCNC(=NCc1nccn1C(F)F)N1CCCC(CC(N)=O)C1.I. The van der Waals surface area contributed by atoms with Crippen molar-refractivity contribution in [3.8, 4) is 0 Å². The minimum Gasteiger partial charge on any atom is -0.370 e. The van der Waals surface area contributed by atoms with Gasteiger partial charge in [-0.3, -0.25) is 9.36 Å². The van der Waals surface area contributed by atoms with Crippen LogP contribution in [0, 0.1) is 5.92 Å². The van der Waals surface area contributed by atoms with Gasteiger partial charge >= 0.3 is 6.55 Å². The van der Waals surface area contributed by atoms with E-state index < -0.39 is 6.55 Å². The predicted molar refractivity (Wildman–Crippen MR) is 102 cm³/mol. The van der Waals surface area contributed by atoms with E-state index in [0.717, 1.165) is 24.0 Å². The van der Waals surface area contributed by atoms with E-state index in [1.807, 2.05) is 6.92 Å². The van der Waals surface area contributed by atoms with Gasteiger partial charge in [-0.1, -0.05) is 0 Å². The molecule has 1 unspecified atom stereocenters. The Hall–Kier alpha value is -1.46. The number of carbonyl (C=O) groups excluding carboxylic acids is 1. The zero-order valence-corrected chi connectivity index (χ0v) is 16.5. The number of primary amides is 1. The summed E-state index contributed by atoms with van der Waals surface area (Å²) < 4.78 is 26.5. The molecule has 1 aliphatic heterocycles. The van der Waals surface area contributed by atoms with E-state index in [2.05, 4.69) is 20.2 Å². The van der Waals surface area contributed by atoms with Crippen LogP contribution in [0.1, 0.15) is 38.6 Å². The number of hydrogen-bond acceptors (Lipinski definition) is 3. The molecule has 0 aliphatic carbocycles. The van der Waals surface area contributed by atoms with Crippen molar-refractivity contribution < 1.29 is 13.6 Å². The molecule has 1 aliphatic rings. The Balaban J connectivity index is 0.00000312. The second kappa shape index (κ2) is 10.5. The van der Waals surface area contributed by atoms with Gasteiger partial charge < -0.3 is 16.0 Å². The molecule has 3 N–H and O–H groups in total. The maximum absolute atomic E-state index is 12.9. The normalized spacial score (nSPS) is 18.2. The molecule has 0 bridgehead atoms. The Morgan fingerprint density at radius 2 is 2.32 bits per heavy atom. The van der Waals surface area contributed by atoms with Crippen molar-refractivity contribution in [1.82, 2.24) is 19.8 Å². The van der Waals surface area contributed by atoms with Crippen LogP contribution in [-0.2, 0) is 11.3 Å². The lowest BCUT2D eigenvalue weighted by molar-refractivity contribution is -0.119. The van der Waals surface area contributed by atoms with Gasteiger partial charge in [0.05, 0.1) is 0 Å². The van der Waals surface area contributed by atoms with Gasteiger partial charge in [-0.05, 0) is 25.7 Å². The van der Waals surface area contributed by atoms with Gasteiger partial charge in [-0.2, -0.15) is 8.78 Å². The second-order valence-electron chi connectivity index (χ2n) is 5.82. The molecule has 0 aromatic carbocycles. The van der Waals surface area contributed by atoms with Gasteiger partial charge in [0.15, 0.2) is 5.96 Å². The zero-order valence-electron chi connectivity index (χ0n) is 14.2. The molecule has 1 aromatic heterocycles. The quantitative estimate of drug-likeness (QED) is 0.378. The summed E-state index contributed by atoms with van der Waals surface area (Å²) in [4.78, 5) is 21.6. The van der Waals surface area contributed by atoms with Crippen LogP contribution in [0.15, 0.2) is 17.4 Å². The summed E-state index contributed by atoms with van der Waals surface area (Å²) in [6, 6.07) is 0. The molecule has 0 saturated carbocycles. The van der Waals surface area contributed by atoms with E-state index in [9.17, 15) is 13.6 Å². The molecule has 2 heterocycles. The van der Waals surface area contributed by atoms with Gasteiger partial charge in [0.25, 0.3) is 0 Å². The number of aromatic nitrogens is 2. The third-order valence-corrected chi connectivity index (χ3v) is 3.97. The lowest BCUT2D eigenvalue weighted by Crippen LogP contribution is -2.47. The van der Waals surface area contributed by atoms with Gasteiger partial charge in [-0.25, -0.2) is 9.98 Å². The fourth-order valence-electron chi connectivity index (χ4n) is 2.92. The standard InChI is InChI=1S/C15H24F2N6O.HI/c1-2-19-15(21-9-13-20-5-7-23(13)14(16)17)22-6-3-4-11(10-22)8-12(18)24;/h5,7,11,14H,2-4,6,8-10H2,1H3,(H2,18,24)(H,19,21);1H. The van der Waals surface area contributed by atoms with Gasteiger partial charge in [0.2, 0.25) is 5.91 Å². The molecule has 1 amide bonds. The number of nitrogens with zero attached hydrogens (tertiary/aromatic N) is 4. The first-order chi connectivity index (χ1) is 11.5. The molecule has 142 valence electrons. The number of halogens is 3. The molecule has 7 nitrogen and oxygen atoms in total. The van der Waals surface area contributed by atoms with Gasteiger partial charge in [-0.15, -0.1) is 24.0 Å². The van der Waals surface area contributed by atoms with Crippen LogP contribution in [0.3, 0.4) is 0 Å². The fraction of sp³-hybridized carbons (Fsp3) is 0.667. The Morgan fingerprint density at radius 1 is 1.56 bits per heavy atom. The fourth-order valence-corrected chi connectivity index (χ4v) is 2.92. The second-order valence-corrected chi connectivity index (χ2v) is 5.82. The summed E-state index contributed by atoms with van der Waals surface area (Å²) in [6.07, 6.45) is 4.83. The Morgan fingerprint density at radius 3 is 2.96 bits per heavy atom. The Bertz CT molecular complexity index is 580.